The van der Waals surface area contributed by atoms with Crippen molar-refractivity contribution in [3.05, 3.63) is 101 Å². The number of benzene rings is 3. The van der Waals surface area contributed by atoms with Crippen LogP contribution < -0.4 is 10.6 Å². The predicted molar refractivity (Wildman–Crippen MR) is 117 cm³/mol. The minimum atomic E-state index is -0.227. The highest BCUT2D eigenvalue weighted by molar-refractivity contribution is 6.30. The summed E-state index contributed by atoms with van der Waals surface area (Å²) in [5.74, 6) is -0.369. The summed E-state index contributed by atoms with van der Waals surface area (Å²) in [4.78, 5) is 25.2. The van der Waals surface area contributed by atoms with Crippen LogP contribution in [0, 0.1) is 0 Å². The summed E-state index contributed by atoms with van der Waals surface area (Å²) in [7, 11) is 0. The van der Waals surface area contributed by atoms with Crippen LogP contribution in [-0.4, -0.2) is 11.8 Å². The molecule has 0 heterocycles. The van der Waals surface area contributed by atoms with Gasteiger partial charge in [0.05, 0.1) is 17.3 Å². The van der Waals surface area contributed by atoms with Crippen molar-refractivity contribution in [2.45, 2.75) is 25.8 Å². The molecular formula is C24H23ClN2O2. The van der Waals surface area contributed by atoms with Crippen LogP contribution >= 0.6 is 11.6 Å². The highest BCUT2D eigenvalue weighted by Gasteiger charge is 2.16. The zero-order valence-corrected chi connectivity index (χ0v) is 16.9. The summed E-state index contributed by atoms with van der Waals surface area (Å²) in [6.07, 6.45) is 0.917. The maximum atomic E-state index is 12.8. The van der Waals surface area contributed by atoms with Crippen LogP contribution in [0.15, 0.2) is 78.9 Å². The van der Waals surface area contributed by atoms with Crippen LogP contribution in [-0.2, 0) is 11.2 Å². The van der Waals surface area contributed by atoms with Crippen molar-refractivity contribution in [3.63, 3.8) is 0 Å². The molecule has 0 radical (unpaired) electrons. The molecule has 3 aromatic rings. The van der Waals surface area contributed by atoms with Gasteiger partial charge in [0.25, 0.3) is 5.91 Å². The standard InChI is InChI=1S/C24H23ClN2O2/c1-17(19-7-3-2-4-8-19)26-24(29)21-9-5-6-10-22(21)27-23(28)16-13-18-11-14-20(25)15-12-18/h2-12,14-15,17H,13,16H2,1H3,(H,26,29)(H,27,28)/t17-/m0/s1. The van der Waals surface area contributed by atoms with Crippen LogP contribution in [0.4, 0.5) is 5.69 Å². The molecule has 0 bridgehead atoms. The molecule has 0 aliphatic carbocycles. The number of halogens is 1. The Morgan fingerprint density at radius 1 is 0.897 bits per heavy atom. The Balaban J connectivity index is 1.62. The zero-order valence-electron chi connectivity index (χ0n) is 16.2. The smallest absolute Gasteiger partial charge is 0.253 e. The molecule has 0 aromatic heterocycles. The number of para-hydroxylation sites is 1. The van der Waals surface area contributed by atoms with Crippen molar-refractivity contribution in [1.82, 2.24) is 5.32 Å². The largest absolute Gasteiger partial charge is 0.345 e. The average molecular weight is 407 g/mol. The van der Waals surface area contributed by atoms with E-state index in [1.807, 2.05) is 61.5 Å². The molecule has 0 unspecified atom stereocenters. The van der Waals surface area contributed by atoms with Gasteiger partial charge in [0.1, 0.15) is 0 Å². The molecule has 0 saturated carbocycles. The topological polar surface area (TPSA) is 58.2 Å². The molecule has 0 spiro atoms. The van der Waals surface area contributed by atoms with E-state index in [1.54, 1.807) is 24.3 Å². The van der Waals surface area contributed by atoms with E-state index in [0.717, 1.165) is 11.1 Å². The van der Waals surface area contributed by atoms with Crippen LogP contribution in [0.2, 0.25) is 5.02 Å². The molecular weight excluding hydrogens is 384 g/mol. The third kappa shape index (κ3) is 5.93. The minimum absolute atomic E-state index is 0.141. The van der Waals surface area contributed by atoms with Crippen LogP contribution in [0.25, 0.3) is 0 Å². The van der Waals surface area contributed by atoms with Gasteiger partial charge in [0.15, 0.2) is 0 Å². The molecule has 3 rings (SSSR count). The Labute approximate surface area is 175 Å². The van der Waals surface area contributed by atoms with Gasteiger partial charge in [-0.05, 0) is 48.7 Å². The second-order valence-corrected chi connectivity index (χ2v) is 7.26. The minimum Gasteiger partial charge on any atom is -0.345 e. The Morgan fingerprint density at radius 2 is 1.55 bits per heavy atom. The van der Waals surface area contributed by atoms with E-state index in [2.05, 4.69) is 10.6 Å². The normalized spacial score (nSPS) is 11.5. The first-order valence-electron chi connectivity index (χ1n) is 9.52. The van der Waals surface area contributed by atoms with E-state index in [9.17, 15) is 9.59 Å². The summed E-state index contributed by atoms with van der Waals surface area (Å²) in [5, 5.41) is 6.52. The number of rotatable bonds is 7. The van der Waals surface area contributed by atoms with Crippen molar-refractivity contribution >= 4 is 29.1 Å². The molecule has 0 aliphatic rings. The molecule has 4 nitrogen and oxygen atoms in total. The third-order valence-electron chi connectivity index (χ3n) is 4.65. The van der Waals surface area contributed by atoms with Gasteiger partial charge in [-0.2, -0.15) is 0 Å². The van der Waals surface area contributed by atoms with E-state index >= 15 is 0 Å². The van der Waals surface area contributed by atoms with E-state index in [-0.39, 0.29) is 17.9 Å². The van der Waals surface area contributed by atoms with Gasteiger partial charge < -0.3 is 10.6 Å². The van der Waals surface area contributed by atoms with E-state index < -0.39 is 0 Å². The van der Waals surface area contributed by atoms with Gasteiger partial charge in [-0.25, -0.2) is 0 Å². The van der Waals surface area contributed by atoms with Gasteiger partial charge in [-0.15, -0.1) is 0 Å². The third-order valence-corrected chi connectivity index (χ3v) is 4.90. The molecule has 2 N–H and O–H groups in total. The van der Waals surface area contributed by atoms with Crippen molar-refractivity contribution in [3.8, 4) is 0 Å². The lowest BCUT2D eigenvalue weighted by molar-refractivity contribution is -0.116. The van der Waals surface area contributed by atoms with Gasteiger partial charge in [-0.1, -0.05) is 66.2 Å². The van der Waals surface area contributed by atoms with Crippen molar-refractivity contribution < 1.29 is 9.59 Å². The number of anilines is 1. The SMILES string of the molecule is C[C@H](NC(=O)c1ccccc1NC(=O)CCc1ccc(Cl)cc1)c1ccccc1. The molecule has 0 fully saturated rings. The van der Waals surface area contributed by atoms with Crippen LogP contribution in [0.5, 0.6) is 0 Å². The Kier molecular flexibility index (Phi) is 7.04. The summed E-state index contributed by atoms with van der Waals surface area (Å²) < 4.78 is 0. The molecule has 0 saturated heterocycles. The fraction of sp³-hybridized carbons (Fsp3) is 0.167. The van der Waals surface area contributed by atoms with Gasteiger partial charge in [0.2, 0.25) is 5.91 Å². The first kappa shape index (κ1) is 20.6. The Hall–Kier alpha value is -3.11. The molecule has 2 amide bonds. The van der Waals surface area contributed by atoms with Crippen LogP contribution in [0.3, 0.4) is 0 Å². The van der Waals surface area contributed by atoms with Gasteiger partial charge in [0, 0.05) is 11.4 Å². The molecule has 1 atom stereocenters. The summed E-state index contributed by atoms with van der Waals surface area (Å²) >= 11 is 5.89. The number of aryl methyl sites for hydroxylation is 1. The monoisotopic (exact) mass is 406 g/mol. The number of amides is 2. The molecule has 0 aliphatic heterocycles. The Bertz CT molecular complexity index is 972. The lowest BCUT2D eigenvalue weighted by Crippen LogP contribution is -2.28. The number of nitrogens with one attached hydrogen (secondary N) is 2. The lowest BCUT2D eigenvalue weighted by Gasteiger charge is -2.16. The zero-order chi connectivity index (χ0) is 20.6. The Morgan fingerprint density at radius 3 is 2.28 bits per heavy atom. The molecule has 3 aromatic carbocycles. The summed E-state index contributed by atoms with van der Waals surface area (Å²) in [6, 6.07) is 24.1. The summed E-state index contributed by atoms with van der Waals surface area (Å²) in [5.41, 5.74) is 3.00. The maximum Gasteiger partial charge on any atom is 0.253 e. The average Bonchev–Trinajstić information content (AvgIpc) is 2.74. The summed E-state index contributed by atoms with van der Waals surface area (Å²) in [6.45, 7) is 1.93. The van der Waals surface area contributed by atoms with Crippen LogP contribution in [0.1, 0.15) is 40.9 Å². The highest BCUT2D eigenvalue weighted by atomic mass is 35.5. The van der Waals surface area contributed by atoms with Crippen molar-refractivity contribution in [1.29, 1.82) is 0 Å². The second-order valence-electron chi connectivity index (χ2n) is 6.83. The van der Waals surface area contributed by atoms with Crippen molar-refractivity contribution in [2.24, 2.45) is 0 Å². The molecule has 148 valence electrons. The highest BCUT2D eigenvalue weighted by Crippen LogP contribution is 2.19. The van der Waals surface area contributed by atoms with E-state index in [4.69, 9.17) is 11.6 Å². The number of carbonyl (C=O) groups is 2. The quantitative estimate of drug-likeness (QED) is 0.551. The number of carbonyl (C=O) groups excluding carboxylic acids is 2. The second kappa shape index (κ2) is 9.89. The number of hydrogen-bond acceptors (Lipinski definition) is 2. The van der Waals surface area contributed by atoms with Gasteiger partial charge in [-0.3, -0.25) is 9.59 Å². The molecule has 29 heavy (non-hydrogen) atoms. The number of hydrogen-bond donors (Lipinski definition) is 2. The predicted octanol–water partition coefficient (Wildman–Crippen LogP) is 5.40. The first-order chi connectivity index (χ1) is 14.0. The van der Waals surface area contributed by atoms with Crippen molar-refractivity contribution in [2.75, 3.05) is 5.32 Å². The van der Waals surface area contributed by atoms with Gasteiger partial charge >= 0.3 is 0 Å². The maximum absolute atomic E-state index is 12.8. The lowest BCUT2D eigenvalue weighted by atomic mass is 10.1. The first-order valence-corrected chi connectivity index (χ1v) is 9.90. The fourth-order valence-corrected chi connectivity index (χ4v) is 3.14. The van der Waals surface area contributed by atoms with E-state index in [1.165, 1.54) is 0 Å². The fourth-order valence-electron chi connectivity index (χ4n) is 3.01. The van der Waals surface area contributed by atoms with E-state index in [0.29, 0.717) is 29.1 Å². The molecule has 5 heteroatoms.